The highest BCUT2D eigenvalue weighted by Gasteiger charge is 2.70. The van der Waals surface area contributed by atoms with E-state index in [4.69, 9.17) is 0 Å². The lowest BCUT2D eigenvalue weighted by Gasteiger charge is -2.27. The molecule has 0 heterocycles. The molecule has 0 bridgehead atoms. The van der Waals surface area contributed by atoms with E-state index in [9.17, 15) is 4.39 Å². The molecular formula is C13H20FI. The van der Waals surface area contributed by atoms with E-state index in [0.29, 0.717) is 11.3 Å². The summed E-state index contributed by atoms with van der Waals surface area (Å²) in [6.45, 7) is 0. The van der Waals surface area contributed by atoms with E-state index in [1.165, 1.54) is 44.9 Å². The Morgan fingerprint density at radius 2 is 1.60 bits per heavy atom. The van der Waals surface area contributed by atoms with Crippen LogP contribution in [0.3, 0.4) is 0 Å². The number of hydrogen-bond donors (Lipinski definition) is 0. The summed E-state index contributed by atoms with van der Waals surface area (Å²) in [4.78, 5) is 0. The van der Waals surface area contributed by atoms with E-state index in [2.05, 4.69) is 22.6 Å². The molecule has 0 aromatic rings. The van der Waals surface area contributed by atoms with Crippen molar-refractivity contribution in [1.82, 2.24) is 0 Å². The maximum absolute atomic E-state index is 14.6. The molecule has 0 saturated heterocycles. The number of rotatable bonds is 0. The lowest BCUT2D eigenvalue weighted by Crippen LogP contribution is -2.23. The second kappa shape index (κ2) is 3.58. The molecule has 0 N–H and O–H groups in total. The van der Waals surface area contributed by atoms with E-state index in [1.54, 1.807) is 0 Å². The van der Waals surface area contributed by atoms with Gasteiger partial charge >= 0.3 is 0 Å². The van der Waals surface area contributed by atoms with E-state index in [1.807, 2.05) is 0 Å². The van der Waals surface area contributed by atoms with Gasteiger partial charge in [-0.15, -0.1) is 0 Å². The van der Waals surface area contributed by atoms with Crippen LogP contribution >= 0.6 is 22.6 Å². The summed E-state index contributed by atoms with van der Waals surface area (Å²) in [6, 6.07) is 0. The Bertz CT molecular complexity index is 263. The molecule has 86 valence electrons. The molecule has 3 fully saturated rings. The van der Waals surface area contributed by atoms with Crippen molar-refractivity contribution in [2.24, 2.45) is 17.3 Å². The molecule has 0 aromatic carbocycles. The van der Waals surface area contributed by atoms with Gasteiger partial charge in [-0.1, -0.05) is 25.7 Å². The molecular weight excluding hydrogens is 302 g/mol. The summed E-state index contributed by atoms with van der Waals surface area (Å²) in [5.74, 6) is 1.18. The molecule has 3 rings (SSSR count). The molecule has 1 spiro atoms. The van der Waals surface area contributed by atoms with Gasteiger partial charge in [-0.25, -0.2) is 4.39 Å². The average Bonchev–Trinajstić information content (AvgIpc) is 2.84. The van der Waals surface area contributed by atoms with Crippen LogP contribution in [0.4, 0.5) is 4.39 Å². The van der Waals surface area contributed by atoms with Crippen molar-refractivity contribution in [3.05, 3.63) is 0 Å². The Kier molecular flexibility index (Phi) is 2.57. The first kappa shape index (κ1) is 10.8. The number of alkyl halides is 2. The molecule has 15 heavy (non-hydrogen) atoms. The highest BCUT2D eigenvalue weighted by Crippen LogP contribution is 2.75. The maximum Gasteiger partial charge on any atom is 0.164 e. The Morgan fingerprint density at radius 1 is 0.933 bits per heavy atom. The van der Waals surface area contributed by atoms with Crippen LogP contribution < -0.4 is 0 Å². The maximum atomic E-state index is 14.6. The van der Waals surface area contributed by atoms with Gasteiger partial charge in [0.2, 0.25) is 0 Å². The van der Waals surface area contributed by atoms with Crippen LogP contribution in [0.1, 0.15) is 57.8 Å². The van der Waals surface area contributed by atoms with Crippen LogP contribution in [-0.4, -0.2) is 3.68 Å². The summed E-state index contributed by atoms with van der Waals surface area (Å²) in [5, 5.41) is 0. The summed E-state index contributed by atoms with van der Waals surface area (Å²) >= 11 is 2.13. The van der Waals surface area contributed by atoms with Gasteiger partial charge in [-0.2, -0.15) is 0 Å². The van der Waals surface area contributed by atoms with Gasteiger partial charge in [-0.05, 0) is 66.0 Å². The first-order valence-electron chi connectivity index (χ1n) is 6.55. The lowest BCUT2D eigenvalue weighted by molar-refractivity contribution is 0.190. The Hall–Kier alpha value is 0.660. The topological polar surface area (TPSA) is 0 Å². The van der Waals surface area contributed by atoms with Crippen LogP contribution in [0.2, 0.25) is 0 Å². The van der Waals surface area contributed by atoms with Crippen molar-refractivity contribution in [3.8, 4) is 0 Å². The van der Waals surface area contributed by atoms with Crippen LogP contribution in [0, 0.1) is 17.3 Å². The smallest absolute Gasteiger partial charge is 0.164 e. The predicted octanol–water partition coefficient (Wildman–Crippen LogP) is 4.86. The second-order valence-electron chi connectivity index (χ2n) is 5.88. The van der Waals surface area contributed by atoms with E-state index in [0.717, 1.165) is 18.8 Å². The molecule has 3 saturated carbocycles. The largest absolute Gasteiger partial charge is 0.232 e. The summed E-state index contributed by atoms with van der Waals surface area (Å²) in [6.07, 6.45) is 11.2. The molecule has 0 amide bonds. The quantitative estimate of drug-likeness (QED) is 0.441. The summed E-state index contributed by atoms with van der Waals surface area (Å²) < 4.78 is 13.8. The second-order valence-corrected chi connectivity index (χ2v) is 7.68. The summed E-state index contributed by atoms with van der Waals surface area (Å²) in [5.41, 5.74) is 0.467. The molecule has 3 aliphatic rings. The lowest BCUT2D eigenvalue weighted by atomic mass is 9.82. The number of fused-ring (bicyclic) bond motifs is 1. The van der Waals surface area contributed by atoms with Crippen LogP contribution in [0.15, 0.2) is 0 Å². The minimum atomic E-state index is -0.868. The number of halogens is 2. The Labute approximate surface area is 106 Å². The molecule has 0 nitrogen and oxygen atoms in total. The van der Waals surface area contributed by atoms with Crippen LogP contribution in [-0.2, 0) is 0 Å². The van der Waals surface area contributed by atoms with Gasteiger partial charge in [0.15, 0.2) is 3.68 Å². The van der Waals surface area contributed by atoms with Crippen LogP contribution in [0.25, 0.3) is 0 Å². The summed E-state index contributed by atoms with van der Waals surface area (Å²) in [7, 11) is 0. The normalized spacial score (nSPS) is 54.8. The third-order valence-electron chi connectivity index (χ3n) is 5.17. The van der Waals surface area contributed by atoms with Gasteiger partial charge < -0.3 is 0 Å². The van der Waals surface area contributed by atoms with E-state index >= 15 is 0 Å². The van der Waals surface area contributed by atoms with Crippen molar-refractivity contribution >= 4 is 22.6 Å². The van der Waals surface area contributed by atoms with Crippen molar-refractivity contribution in [2.75, 3.05) is 0 Å². The van der Waals surface area contributed by atoms with E-state index < -0.39 is 3.68 Å². The van der Waals surface area contributed by atoms with Gasteiger partial charge in [0.05, 0.1) is 0 Å². The highest BCUT2D eigenvalue weighted by atomic mass is 127. The van der Waals surface area contributed by atoms with Crippen molar-refractivity contribution in [3.63, 3.8) is 0 Å². The molecule has 0 radical (unpaired) electrons. The van der Waals surface area contributed by atoms with Gasteiger partial charge in [-0.3, -0.25) is 0 Å². The number of hydrogen-bond acceptors (Lipinski definition) is 0. The molecule has 4 atom stereocenters. The average molecular weight is 322 g/mol. The monoisotopic (exact) mass is 322 g/mol. The fourth-order valence-corrected chi connectivity index (χ4v) is 5.95. The first-order valence-corrected chi connectivity index (χ1v) is 7.62. The zero-order valence-electron chi connectivity index (χ0n) is 9.27. The van der Waals surface area contributed by atoms with Gasteiger partial charge in [0.1, 0.15) is 0 Å². The molecule has 3 unspecified atom stereocenters. The zero-order valence-corrected chi connectivity index (χ0v) is 11.4. The zero-order chi connectivity index (χ0) is 10.5. The fourth-order valence-electron chi connectivity index (χ4n) is 4.52. The minimum Gasteiger partial charge on any atom is -0.232 e. The van der Waals surface area contributed by atoms with Gasteiger partial charge in [0, 0.05) is 5.92 Å². The van der Waals surface area contributed by atoms with Crippen molar-refractivity contribution in [2.45, 2.75) is 61.5 Å². The Morgan fingerprint density at radius 3 is 2.40 bits per heavy atom. The predicted molar refractivity (Wildman–Crippen MR) is 68.8 cm³/mol. The Balaban J connectivity index is 1.86. The first-order chi connectivity index (χ1) is 7.17. The van der Waals surface area contributed by atoms with Crippen molar-refractivity contribution in [1.29, 1.82) is 0 Å². The fraction of sp³-hybridized carbons (Fsp3) is 1.00. The van der Waals surface area contributed by atoms with Gasteiger partial charge in [0.25, 0.3) is 0 Å². The minimum absolute atomic E-state index is 0.424. The third kappa shape index (κ3) is 1.57. The van der Waals surface area contributed by atoms with Crippen LogP contribution in [0.5, 0.6) is 0 Å². The molecule has 0 aliphatic heterocycles. The van der Waals surface area contributed by atoms with Crippen molar-refractivity contribution < 1.29 is 4.39 Å². The SMILES string of the molecule is FC1(I)CCCCCC23CCCCC2[C@H]13. The molecule has 2 heteroatoms. The standard InChI is InChI=1S/C13H20FI/c14-13(15)9-4-1-3-7-12-8-5-2-6-10(12)11(12)13/h10-11H,1-9H2/t10?,11-,12?,13?/m0/s1. The molecule has 0 aromatic heterocycles. The van der Waals surface area contributed by atoms with E-state index in [-0.39, 0.29) is 0 Å². The third-order valence-corrected chi connectivity index (χ3v) is 6.38. The molecule has 3 aliphatic carbocycles. The highest BCUT2D eigenvalue weighted by molar-refractivity contribution is 14.1.